The highest BCUT2D eigenvalue weighted by molar-refractivity contribution is 5.88. The molecule has 2 bridgehead atoms. The maximum Gasteiger partial charge on any atom is 0.430 e. The number of H-pyrrole nitrogens is 2. The maximum atomic E-state index is 14.8. The van der Waals surface area contributed by atoms with Gasteiger partial charge in [0.1, 0.15) is 23.4 Å². The van der Waals surface area contributed by atoms with Crippen LogP contribution in [0.3, 0.4) is 0 Å². The van der Waals surface area contributed by atoms with Crippen LogP contribution in [0.25, 0.3) is 33.6 Å². The van der Waals surface area contributed by atoms with Crippen LogP contribution < -0.4 is 10.1 Å². The number of imidazole rings is 2. The Morgan fingerprint density at radius 2 is 1.47 bits per heavy atom. The number of aromatic amines is 2. The van der Waals surface area contributed by atoms with E-state index in [2.05, 4.69) is 20.3 Å². The molecule has 2 fully saturated rings. The van der Waals surface area contributed by atoms with E-state index in [4.69, 9.17) is 23.9 Å². The summed E-state index contributed by atoms with van der Waals surface area (Å²) in [5.74, 6) is 0.240. The summed E-state index contributed by atoms with van der Waals surface area (Å²) in [5.41, 5.74) is 1.36. The molecular formula is C45H48F3N7O7. The van der Waals surface area contributed by atoms with Gasteiger partial charge >= 0.3 is 12.3 Å². The van der Waals surface area contributed by atoms with Gasteiger partial charge in [0.15, 0.2) is 0 Å². The number of halogens is 3. The Morgan fingerprint density at radius 1 is 0.806 bits per heavy atom. The van der Waals surface area contributed by atoms with E-state index in [-0.39, 0.29) is 30.7 Å². The molecule has 2 aromatic heterocycles. The first kappa shape index (κ1) is 42.5. The van der Waals surface area contributed by atoms with E-state index in [1.54, 1.807) is 23.4 Å². The molecule has 5 aromatic rings. The predicted molar refractivity (Wildman–Crippen MR) is 220 cm³/mol. The van der Waals surface area contributed by atoms with Gasteiger partial charge in [-0.05, 0) is 67.3 Å². The average molecular weight is 856 g/mol. The molecule has 3 N–H and O–H groups in total. The topological polar surface area (TPSA) is 164 Å². The Hall–Kier alpha value is -6.20. The summed E-state index contributed by atoms with van der Waals surface area (Å²) in [5, 5.41) is 2.63. The van der Waals surface area contributed by atoms with Crippen LogP contribution >= 0.6 is 0 Å². The van der Waals surface area contributed by atoms with Crippen molar-refractivity contribution in [2.24, 2.45) is 0 Å². The molecule has 0 aliphatic carbocycles. The number of carbonyl (C=O) groups is 3. The number of methoxy groups -OCH3 is 2. The molecule has 62 heavy (non-hydrogen) atoms. The van der Waals surface area contributed by atoms with Crippen molar-refractivity contribution in [1.29, 1.82) is 0 Å². The number of likely N-dealkylation sites (tertiary alicyclic amines) is 1. The van der Waals surface area contributed by atoms with Crippen LogP contribution in [0.1, 0.15) is 67.8 Å². The molecule has 3 aromatic carbocycles. The first-order valence-corrected chi connectivity index (χ1v) is 20.7. The number of ether oxygens (including phenoxy) is 4. The molecular weight excluding hydrogens is 808 g/mol. The van der Waals surface area contributed by atoms with E-state index < -0.39 is 35.9 Å². The molecule has 5 heterocycles. The van der Waals surface area contributed by atoms with Crippen molar-refractivity contribution in [3.63, 3.8) is 0 Å². The van der Waals surface area contributed by atoms with Crippen LogP contribution in [0.4, 0.5) is 18.0 Å². The molecule has 3 aliphatic rings. The summed E-state index contributed by atoms with van der Waals surface area (Å²) in [4.78, 5) is 58.7. The lowest BCUT2D eigenvalue weighted by Crippen LogP contribution is -2.56. The van der Waals surface area contributed by atoms with Crippen LogP contribution in [0, 0.1) is 0 Å². The van der Waals surface area contributed by atoms with E-state index in [0.29, 0.717) is 75.0 Å². The Morgan fingerprint density at radius 3 is 2.21 bits per heavy atom. The zero-order valence-electron chi connectivity index (χ0n) is 34.4. The minimum absolute atomic E-state index is 0.00404. The van der Waals surface area contributed by atoms with Gasteiger partial charge in [0.2, 0.25) is 5.91 Å². The molecule has 14 nitrogen and oxygen atoms in total. The zero-order valence-corrected chi connectivity index (χ0v) is 34.4. The van der Waals surface area contributed by atoms with E-state index in [1.807, 2.05) is 42.5 Å². The van der Waals surface area contributed by atoms with E-state index in [9.17, 15) is 27.6 Å². The van der Waals surface area contributed by atoms with Crippen LogP contribution in [0.15, 0.2) is 85.2 Å². The van der Waals surface area contributed by atoms with Crippen LogP contribution in [-0.2, 0) is 29.4 Å². The summed E-state index contributed by atoms with van der Waals surface area (Å²) in [7, 11) is 2.16. The van der Waals surface area contributed by atoms with Gasteiger partial charge < -0.3 is 44.0 Å². The van der Waals surface area contributed by atoms with Crippen molar-refractivity contribution in [2.45, 2.75) is 68.4 Å². The quantitative estimate of drug-likeness (QED) is 0.151. The maximum absolute atomic E-state index is 14.8. The molecule has 3 amide bonds. The lowest BCUT2D eigenvalue weighted by Gasteiger charge is -2.38. The van der Waals surface area contributed by atoms with Gasteiger partial charge in [-0.15, -0.1) is 0 Å². The van der Waals surface area contributed by atoms with Crippen LogP contribution in [0.2, 0.25) is 0 Å². The largest absolute Gasteiger partial charge is 0.493 e. The second-order valence-corrected chi connectivity index (χ2v) is 15.6. The Balaban J connectivity index is 1.02. The third-order valence-corrected chi connectivity index (χ3v) is 11.9. The average Bonchev–Trinajstić information content (AvgIpc) is 4.13. The van der Waals surface area contributed by atoms with Crippen LogP contribution in [0.5, 0.6) is 5.75 Å². The number of fused-ring (bicyclic) bond motifs is 6. The third-order valence-electron chi connectivity index (χ3n) is 11.9. The number of benzene rings is 3. The van der Waals surface area contributed by atoms with Gasteiger partial charge in [0.25, 0.3) is 11.5 Å². The molecule has 0 spiro atoms. The Labute approximate surface area is 356 Å². The SMILES string of the molecule is COC(=O)N[C@H]1COCCCCOc2cc(-c3ccc(-c4cnc([C@@H]5CCCN5C(=O)[C@@](OC)(c5ccccc5)C(F)(F)F)[nH]4)cc3)ccc2-c2cnc([nH]2)[C@@H]2CCCN2C1=O. The molecule has 3 aliphatic heterocycles. The first-order chi connectivity index (χ1) is 30.0. The zero-order chi connectivity index (χ0) is 43.4. The molecule has 4 atom stereocenters. The highest BCUT2D eigenvalue weighted by Crippen LogP contribution is 2.46. The molecule has 0 unspecified atom stereocenters. The highest BCUT2D eigenvalue weighted by atomic mass is 19.4. The van der Waals surface area contributed by atoms with E-state index in [0.717, 1.165) is 41.5 Å². The number of rotatable bonds is 7. The number of aromatic nitrogens is 4. The number of hydrogen-bond acceptors (Lipinski definition) is 9. The van der Waals surface area contributed by atoms with Gasteiger partial charge in [-0.25, -0.2) is 14.8 Å². The minimum atomic E-state index is -5.02. The van der Waals surface area contributed by atoms with Gasteiger partial charge in [-0.3, -0.25) is 9.59 Å². The second kappa shape index (κ2) is 18.0. The summed E-state index contributed by atoms with van der Waals surface area (Å²) >= 11 is 0. The van der Waals surface area contributed by atoms with E-state index in [1.165, 1.54) is 36.3 Å². The van der Waals surface area contributed by atoms with Crippen LogP contribution in [-0.4, -0.2) is 107 Å². The molecule has 17 heteroatoms. The van der Waals surface area contributed by atoms with Crippen molar-refractivity contribution in [1.82, 2.24) is 35.1 Å². The number of amides is 3. The number of carbonyl (C=O) groups excluding carboxylic acids is 3. The molecule has 2 saturated heterocycles. The van der Waals surface area contributed by atoms with Crippen molar-refractivity contribution >= 4 is 17.9 Å². The number of nitrogens with one attached hydrogen (secondary N) is 3. The fourth-order valence-electron chi connectivity index (χ4n) is 8.66. The predicted octanol–water partition coefficient (Wildman–Crippen LogP) is 7.48. The standard InChI is InChI=1S/C45H48F3N7O7/c1-59-43(58)53-35-27-61-22-6-7-23-62-38-24-30(18-19-32(38)34-26-50-39(52-34)36-12-8-20-54(36)41(35)56)28-14-16-29(17-15-28)33-25-49-40(51-33)37-13-9-21-55(37)42(57)44(60-2,45(46,47)48)31-10-4-3-5-11-31/h3-5,10-11,14-19,24-26,35-37H,6-9,12-13,20-23,27H2,1-2H3,(H,49,51)(H,50,52)(H,53,58)/t35-,36-,37-,44-/m0/s1. The third kappa shape index (κ3) is 8.25. The highest BCUT2D eigenvalue weighted by Gasteiger charge is 2.64. The fraction of sp³-hybridized carbons (Fsp3) is 0.400. The fourth-order valence-corrected chi connectivity index (χ4v) is 8.66. The smallest absolute Gasteiger partial charge is 0.430 e. The number of nitrogens with zero attached hydrogens (tertiary/aromatic N) is 4. The van der Waals surface area contributed by atoms with Gasteiger partial charge in [-0.2, -0.15) is 13.2 Å². The minimum Gasteiger partial charge on any atom is -0.493 e. The number of alkyl carbamates (subject to hydrolysis) is 1. The lowest BCUT2D eigenvalue weighted by molar-refractivity contribution is -0.270. The van der Waals surface area contributed by atoms with Gasteiger partial charge in [0, 0.05) is 37.9 Å². The summed E-state index contributed by atoms with van der Waals surface area (Å²) in [6.07, 6.45) is 1.40. The monoisotopic (exact) mass is 855 g/mol. The van der Waals surface area contributed by atoms with Gasteiger partial charge in [-0.1, -0.05) is 60.7 Å². The van der Waals surface area contributed by atoms with Crippen molar-refractivity contribution in [3.8, 4) is 39.4 Å². The summed E-state index contributed by atoms with van der Waals surface area (Å²) in [6, 6.07) is 18.8. The Bertz CT molecular complexity index is 2370. The second-order valence-electron chi connectivity index (χ2n) is 15.6. The normalized spacial score (nSPS) is 20.8. The molecule has 0 radical (unpaired) electrons. The first-order valence-electron chi connectivity index (χ1n) is 20.7. The van der Waals surface area contributed by atoms with Crippen molar-refractivity contribution in [3.05, 3.63) is 102 Å². The molecule has 8 rings (SSSR count). The molecule has 326 valence electrons. The Kier molecular flexibility index (Phi) is 12.4. The summed E-state index contributed by atoms with van der Waals surface area (Å²) < 4.78 is 66.5. The van der Waals surface area contributed by atoms with Gasteiger partial charge in [0.05, 0.1) is 56.2 Å². The molecule has 0 saturated carbocycles. The number of alkyl halides is 3. The summed E-state index contributed by atoms with van der Waals surface area (Å²) in [6.45, 7) is 1.41. The number of hydrogen-bond donors (Lipinski definition) is 3. The van der Waals surface area contributed by atoms with Crippen molar-refractivity contribution < 1.29 is 46.5 Å². The van der Waals surface area contributed by atoms with E-state index >= 15 is 0 Å². The lowest BCUT2D eigenvalue weighted by atomic mass is 9.90. The van der Waals surface area contributed by atoms with Crippen molar-refractivity contribution in [2.75, 3.05) is 47.1 Å².